The first-order valence-electron chi connectivity index (χ1n) is 10.7. The first-order valence-corrected chi connectivity index (χ1v) is 10.7. The molecule has 0 atom stereocenters. The molecule has 0 fully saturated rings. The zero-order valence-corrected chi connectivity index (χ0v) is 18.6. The largest absolute Gasteiger partial charge is 0.489 e. The Kier molecular flexibility index (Phi) is 6.36. The normalized spacial score (nSPS) is 10.7. The highest BCUT2D eigenvalue weighted by Gasteiger charge is 2.11. The maximum Gasteiger partial charge on any atom is 0.256 e. The number of anilines is 1. The lowest BCUT2D eigenvalue weighted by molar-refractivity contribution is 0.102. The average molecular weight is 426 g/mol. The third-order valence-corrected chi connectivity index (χ3v) is 5.33. The van der Waals surface area contributed by atoms with Gasteiger partial charge in [0.15, 0.2) is 5.82 Å². The van der Waals surface area contributed by atoms with Crippen LogP contribution in [-0.4, -0.2) is 15.7 Å². The van der Waals surface area contributed by atoms with E-state index in [1.54, 1.807) is 6.07 Å². The molecule has 0 aliphatic carbocycles. The van der Waals surface area contributed by atoms with Crippen LogP contribution in [0.5, 0.6) is 5.75 Å². The second kappa shape index (κ2) is 9.52. The van der Waals surface area contributed by atoms with E-state index in [9.17, 15) is 4.79 Å². The predicted molar refractivity (Wildman–Crippen MR) is 127 cm³/mol. The number of carbonyl (C=O) groups is 1. The Labute approximate surface area is 188 Å². The van der Waals surface area contributed by atoms with E-state index in [0.717, 1.165) is 33.7 Å². The molecule has 0 saturated carbocycles. The van der Waals surface area contributed by atoms with Crippen LogP contribution in [0, 0.1) is 20.8 Å². The van der Waals surface area contributed by atoms with Crippen molar-refractivity contribution in [3.63, 3.8) is 0 Å². The lowest BCUT2D eigenvalue weighted by Gasteiger charge is -2.11. The van der Waals surface area contributed by atoms with Gasteiger partial charge in [-0.3, -0.25) is 9.48 Å². The number of benzene rings is 3. The van der Waals surface area contributed by atoms with Gasteiger partial charge in [0.05, 0.1) is 6.54 Å². The second-order valence-electron chi connectivity index (χ2n) is 8.03. The van der Waals surface area contributed by atoms with Crippen molar-refractivity contribution in [2.75, 3.05) is 5.32 Å². The number of aryl methyl sites for hydroxylation is 3. The molecule has 4 aromatic rings. The van der Waals surface area contributed by atoms with Crippen LogP contribution in [0.2, 0.25) is 0 Å². The van der Waals surface area contributed by atoms with E-state index in [0.29, 0.717) is 24.5 Å². The molecule has 5 heteroatoms. The number of rotatable bonds is 7. The second-order valence-corrected chi connectivity index (χ2v) is 8.03. The number of nitrogens with one attached hydrogen (secondary N) is 1. The summed E-state index contributed by atoms with van der Waals surface area (Å²) in [5, 5.41) is 7.46. The Morgan fingerprint density at radius 3 is 2.50 bits per heavy atom. The van der Waals surface area contributed by atoms with Crippen LogP contribution in [0.1, 0.15) is 38.3 Å². The summed E-state index contributed by atoms with van der Waals surface area (Å²) in [4.78, 5) is 12.8. The van der Waals surface area contributed by atoms with Gasteiger partial charge in [-0.05, 0) is 61.2 Å². The SMILES string of the molecule is Cc1ccc(C)c(OCc2cccc(C(=O)Nc3cc(C)n(Cc4ccccc4)n3)c2)c1. The van der Waals surface area contributed by atoms with E-state index in [4.69, 9.17) is 4.74 Å². The number of hydrogen-bond donors (Lipinski definition) is 1. The zero-order valence-electron chi connectivity index (χ0n) is 18.6. The molecular weight excluding hydrogens is 398 g/mol. The third-order valence-electron chi connectivity index (χ3n) is 5.33. The Morgan fingerprint density at radius 1 is 0.906 bits per heavy atom. The number of nitrogens with zero attached hydrogens (tertiary/aromatic N) is 2. The van der Waals surface area contributed by atoms with Crippen molar-refractivity contribution in [2.45, 2.75) is 33.9 Å². The molecule has 0 aliphatic rings. The molecule has 1 N–H and O–H groups in total. The molecule has 5 nitrogen and oxygen atoms in total. The molecular formula is C27H27N3O2. The standard InChI is InChI=1S/C27H27N3O2/c1-19-12-13-20(2)25(14-19)32-18-23-10-7-11-24(16-23)27(31)28-26-15-21(3)30(29-26)17-22-8-5-4-6-9-22/h4-16H,17-18H2,1-3H3,(H,28,29,31). The van der Waals surface area contributed by atoms with Gasteiger partial charge in [-0.1, -0.05) is 54.6 Å². The highest BCUT2D eigenvalue weighted by atomic mass is 16.5. The van der Waals surface area contributed by atoms with Crippen LogP contribution in [0.25, 0.3) is 0 Å². The van der Waals surface area contributed by atoms with Gasteiger partial charge in [0.1, 0.15) is 12.4 Å². The molecule has 0 saturated heterocycles. The highest BCUT2D eigenvalue weighted by molar-refractivity contribution is 6.03. The molecule has 0 unspecified atom stereocenters. The molecule has 0 radical (unpaired) electrons. The minimum Gasteiger partial charge on any atom is -0.489 e. The summed E-state index contributed by atoms with van der Waals surface area (Å²) in [5.74, 6) is 1.21. The van der Waals surface area contributed by atoms with E-state index in [1.807, 2.05) is 80.1 Å². The van der Waals surface area contributed by atoms with Crippen LogP contribution < -0.4 is 10.1 Å². The van der Waals surface area contributed by atoms with Crippen LogP contribution >= 0.6 is 0 Å². The minimum atomic E-state index is -0.192. The first-order chi connectivity index (χ1) is 15.5. The lowest BCUT2D eigenvalue weighted by atomic mass is 10.1. The molecule has 0 spiro atoms. The van der Waals surface area contributed by atoms with E-state index in [-0.39, 0.29) is 5.91 Å². The lowest BCUT2D eigenvalue weighted by Crippen LogP contribution is -2.13. The summed E-state index contributed by atoms with van der Waals surface area (Å²) in [5.41, 5.74) is 5.89. The van der Waals surface area contributed by atoms with Gasteiger partial charge in [0, 0.05) is 17.3 Å². The fourth-order valence-corrected chi connectivity index (χ4v) is 3.50. The maximum atomic E-state index is 12.8. The maximum absolute atomic E-state index is 12.8. The van der Waals surface area contributed by atoms with Gasteiger partial charge < -0.3 is 10.1 Å². The number of carbonyl (C=O) groups excluding carboxylic acids is 1. The van der Waals surface area contributed by atoms with Gasteiger partial charge in [-0.2, -0.15) is 5.10 Å². The molecule has 162 valence electrons. The van der Waals surface area contributed by atoms with Crippen molar-refractivity contribution in [2.24, 2.45) is 0 Å². The van der Waals surface area contributed by atoms with Crippen LogP contribution in [-0.2, 0) is 13.2 Å². The summed E-state index contributed by atoms with van der Waals surface area (Å²) < 4.78 is 7.87. The van der Waals surface area contributed by atoms with Crippen molar-refractivity contribution in [3.8, 4) is 5.75 Å². The monoisotopic (exact) mass is 425 g/mol. The quantitative estimate of drug-likeness (QED) is 0.414. The van der Waals surface area contributed by atoms with Crippen LogP contribution in [0.4, 0.5) is 5.82 Å². The third kappa shape index (κ3) is 5.24. The van der Waals surface area contributed by atoms with Gasteiger partial charge in [-0.15, -0.1) is 0 Å². The summed E-state index contributed by atoms with van der Waals surface area (Å²) in [6.45, 7) is 7.11. The van der Waals surface area contributed by atoms with Crippen molar-refractivity contribution in [1.29, 1.82) is 0 Å². The van der Waals surface area contributed by atoms with Crippen molar-refractivity contribution < 1.29 is 9.53 Å². The van der Waals surface area contributed by atoms with E-state index >= 15 is 0 Å². The topological polar surface area (TPSA) is 56.1 Å². The number of aromatic nitrogens is 2. The smallest absolute Gasteiger partial charge is 0.256 e. The summed E-state index contributed by atoms with van der Waals surface area (Å²) in [6.07, 6.45) is 0. The van der Waals surface area contributed by atoms with Gasteiger partial charge >= 0.3 is 0 Å². The summed E-state index contributed by atoms with van der Waals surface area (Å²) in [7, 11) is 0. The average Bonchev–Trinajstić information content (AvgIpc) is 3.13. The Bertz CT molecular complexity index is 1230. The van der Waals surface area contributed by atoms with Crippen molar-refractivity contribution >= 4 is 11.7 Å². The Hall–Kier alpha value is -3.86. The summed E-state index contributed by atoms with van der Waals surface area (Å²) >= 11 is 0. The molecule has 0 bridgehead atoms. The van der Waals surface area contributed by atoms with Gasteiger partial charge in [0.2, 0.25) is 0 Å². The fraction of sp³-hybridized carbons (Fsp3) is 0.185. The number of hydrogen-bond acceptors (Lipinski definition) is 3. The number of ether oxygens (including phenoxy) is 1. The van der Waals surface area contributed by atoms with Crippen molar-refractivity contribution in [3.05, 3.63) is 112 Å². The molecule has 3 aromatic carbocycles. The van der Waals surface area contributed by atoms with E-state index < -0.39 is 0 Å². The molecule has 4 rings (SSSR count). The number of amides is 1. The summed E-state index contributed by atoms with van der Waals surface area (Å²) in [6, 6.07) is 25.6. The molecule has 0 aliphatic heterocycles. The first kappa shape index (κ1) is 21.4. The minimum absolute atomic E-state index is 0.192. The Morgan fingerprint density at radius 2 is 1.69 bits per heavy atom. The van der Waals surface area contributed by atoms with Crippen LogP contribution in [0.3, 0.4) is 0 Å². The van der Waals surface area contributed by atoms with E-state index in [2.05, 4.69) is 28.6 Å². The fourth-order valence-electron chi connectivity index (χ4n) is 3.50. The van der Waals surface area contributed by atoms with Crippen molar-refractivity contribution in [1.82, 2.24) is 9.78 Å². The molecule has 1 amide bonds. The highest BCUT2D eigenvalue weighted by Crippen LogP contribution is 2.21. The molecule has 1 heterocycles. The van der Waals surface area contributed by atoms with E-state index in [1.165, 1.54) is 0 Å². The van der Waals surface area contributed by atoms with Gasteiger partial charge in [0.25, 0.3) is 5.91 Å². The van der Waals surface area contributed by atoms with Gasteiger partial charge in [-0.25, -0.2) is 0 Å². The zero-order chi connectivity index (χ0) is 22.5. The molecule has 32 heavy (non-hydrogen) atoms. The van der Waals surface area contributed by atoms with Crippen LogP contribution in [0.15, 0.2) is 78.9 Å². The predicted octanol–water partition coefficient (Wildman–Crippen LogP) is 5.69. The molecule has 1 aromatic heterocycles. The Balaban J connectivity index is 1.42.